The highest BCUT2D eigenvalue weighted by atomic mass is 32.1. The molecule has 11 rings (SSSR count). The first-order valence-electron chi connectivity index (χ1n) is 18.9. The van der Waals surface area contributed by atoms with Crippen molar-refractivity contribution in [2.45, 2.75) is 0 Å². The van der Waals surface area contributed by atoms with Crippen molar-refractivity contribution in [3.8, 4) is 61.8 Å². The van der Waals surface area contributed by atoms with Gasteiger partial charge in [-0.25, -0.2) is 9.97 Å². The molecule has 4 heteroatoms. The molecule has 8 aromatic carbocycles. The fraction of sp³-hybridized carbons (Fsp3) is 0. The summed E-state index contributed by atoms with van der Waals surface area (Å²) in [6.45, 7) is 0. The van der Waals surface area contributed by atoms with E-state index >= 15 is 0 Å². The summed E-state index contributed by atoms with van der Waals surface area (Å²) in [6, 6.07) is 71.4. The van der Waals surface area contributed by atoms with Crippen molar-refractivity contribution in [3.05, 3.63) is 200 Å². The Hall–Kier alpha value is -7.14. The molecule has 0 amide bonds. The highest BCUT2D eigenvalue weighted by molar-refractivity contribution is 7.26. The zero-order valence-electron chi connectivity index (χ0n) is 30.3. The molecule has 0 fully saturated rings. The molecule has 0 unspecified atom stereocenters. The van der Waals surface area contributed by atoms with Crippen LogP contribution >= 0.6 is 11.3 Å². The van der Waals surface area contributed by atoms with Crippen LogP contribution in [0, 0.1) is 0 Å². The van der Waals surface area contributed by atoms with Crippen molar-refractivity contribution >= 4 is 53.3 Å². The van der Waals surface area contributed by atoms with Gasteiger partial charge in [-0.05, 0) is 70.8 Å². The molecule has 0 aliphatic carbocycles. The SMILES string of the molecule is c1ccc(-c2cccc(-c3cccc(-c4nc(-c5ccc6c7ccccc7n(-c7ccccc7)c6c5)cc(-c5cccc6c5sc5ccccc56)n4)c3)c2)cc1. The van der Waals surface area contributed by atoms with Gasteiger partial charge in [-0.1, -0.05) is 152 Å². The van der Waals surface area contributed by atoms with E-state index in [1.165, 1.54) is 47.6 Å². The Kier molecular flexibility index (Phi) is 7.68. The summed E-state index contributed by atoms with van der Waals surface area (Å²) in [7, 11) is 0. The second-order valence-corrected chi connectivity index (χ2v) is 15.2. The molecule has 0 aliphatic rings. The molecule has 0 N–H and O–H groups in total. The Morgan fingerprint density at radius 1 is 0.357 bits per heavy atom. The fourth-order valence-corrected chi connectivity index (χ4v) is 9.37. The Morgan fingerprint density at radius 3 is 1.77 bits per heavy atom. The number of hydrogen-bond acceptors (Lipinski definition) is 3. The largest absolute Gasteiger partial charge is 0.309 e. The molecule has 262 valence electrons. The number of benzene rings is 8. The third kappa shape index (κ3) is 5.50. The van der Waals surface area contributed by atoms with E-state index in [9.17, 15) is 0 Å². The van der Waals surface area contributed by atoms with E-state index in [4.69, 9.17) is 9.97 Å². The molecule has 0 atom stereocenters. The zero-order chi connectivity index (χ0) is 37.0. The van der Waals surface area contributed by atoms with Gasteiger partial charge >= 0.3 is 0 Å². The number of thiophene rings is 1. The van der Waals surface area contributed by atoms with Gasteiger partial charge in [0.1, 0.15) is 0 Å². The summed E-state index contributed by atoms with van der Waals surface area (Å²) in [5.41, 5.74) is 13.0. The summed E-state index contributed by atoms with van der Waals surface area (Å²) in [6.07, 6.45) is 0. The number of fused-ring (bicyclic) bond motifs is 6. The first kappa shape index (κ1) is 32.3. The summed E-state index contributed by atoms with van der Waals surface area (Å²) >= 11 is 1.83. The molecule has 3 heterocycles. The van der Waals surface area contributed by atoms with Crippen LogP contribution in [0.15, 0.2) is 200 Å². The number of hydrogen-bond donors (Lipinski definition) is 0. The van der Waals surface area contributed by atoms with Gasteiger partial charge in [0.25, 0.3) is 0 Å². The van der Waals surface area contributed by atoms with Gasteiger partial charge in [0, 0.05) is 53.3 Å². The van der Waals surface area contributed by atoms with E-state index in [0.717, 1.165) is 50.4 Å². The molecule has 0 saturated heterocycles. The number of rotatable bonds is 6. The smallest absolute Gasteiger partial charge is 0.160 e. The molecule has 3 nitrogen and oxygen atoms in total. The maximum atomic E-state index is 5.37. The van der Waals surface area contributed by atoms with Crippen LogP contribution in [0.25, 0.3) is 104 Å². The monoisotopic (exact) mass is 731 g/mol. The minimum Gasteiger partial charge on any atom is -0.309 e. The van der Waals surface area contributed by atoms with E-state index in [1.54, 1.807) is 0 Å². The quantitative estimate of drug-likeness (QED) is 0.170. The number of aromatic nitrogens is 3. The highest BCUT2D eigenvalue weighted by Gasteiger charge is 2.18. The molecule has 0 spiro atoms. The lowest BCUT2D eigenvalue weighted by Crippen LogP contribution is -1.97. The lowest BCUT2D eigenvalue weighted by Gasteiger charge is -2.12. The molecule has 0 bridgehead atoms. The highest BCUT2D eigenvalue weighted by Crippen LogP contribution is 2.41. The topological polar surface area (TPSA) is 30.7 Å². The lowest BCUT2D eigenvalue weighted by atomic mass is 9.97. The van der Waals surface area contributed by atoms with Crippen LogP contribution < -0.4 is 0 Å². The Balaban J connectivity index is 1.12. The lowest BCUT2D eigenvalue weighted by molar-refractivity contribution is 1.17. The van der Waals surface area contributed by atoms with Gasteiger partial charge in [0.05, 0.1) is 22.4 Å². The normalized spacial score (nSPS) is 11.6. The summed E-state index contributed by atoms with van der Waals surface area (Å²) in [5.74, 6) is 0.695. The average Bonchev–Trinajstić information content (AvgIpc) is 3.83. The second-order valence-electron chi connectivity index (χ2n) is 14.2. The number of para-hydroxylation sites is 2. The first-order chi connectivity index (χ1) is 27.7. The third-order valence-electron chi connectivity index (χ3n) is 10.8. The third-order valence-corrected chi connectivity index (χ3v) is 12.0. The van der Waals surface area contributed by atoms with Crippen LogP contribution in [-0.2, 0) is 0 Å². The minimum absolute atomic E-state index is 0.695. The van der Waals surface area contributed by atoms with Crippen molar-refractivity contribution in [3.63, 3.8) is 0 Å². The minimum atomic E-state index is 0.695. The maximum Gasteiger partial charge on any atom is 0.160 e. The molecule has 3 aromatic heterocycles. The standard InChI is InChI=1S/C52H33N3S/c1-3-14-34(15-4-1)35-16-11-17-36(30-35)37-18-12-19-39(31-37)52-53-46(33-47(54-52)45-25-13-24-44-43-23-8-10-27-50(43)56-51(44)45)38-28-29-42-41-22-7-9-26-48(41)55(49(42)32-38)40-20-5-2-6-21-40/h1-33H. The Bertz CT molecular complexity index is 3250. The Labute approximate surface area is 328 Å². The summed E-state index contributed by atoms with van der Waals surface area (Å²) < 4.78 is 4.87. The van der Waals surface area contributed by atoms with Crippen LogP contribution in [0.4, 0.5) is 0 Å². The van der Waals surface area contributed by atoms with Gasteiger partial charge in [-0.15, -0.1) is 11.3 Å². The van der Waals surface area contributed by atoms with Crippen molar-refractivity contribution < 1.29 is 0 Å². The first-order valence-corrected chi connectivity index (χ1v) is 19.7. The Morgan fingerprint density at radius 2 is 0.946 bits per heavy atom. The molecule has 56 heavy (non-hydrogen) atoms. The second kappa shape index (κ2) is 13.3. The molecule has 0 aliphatic heterocycles. The van der Waals surface area contributed by atoms with Crippen LogP contribution in [0.1, 0.15) is 0 Å². The van der Waals surface area contributed by atoms with Crippen molar-refractivity contribution in [2.24, 2.45) is 0 Å². The maximum absolute atomic E-state index is 5.37. The van der Waals surface area contributed by atoms with Gasteiger partial charge in [-0.2, -0.15) is 0 Å². The van der Waals surface area contributed by atoms with Crippen molar-refractivity contribution in [2.75, 3.05) is 0 Å². The number of nitrogens with zero attached hydrogens (tertiary/aromatic N) is 3. The van der Waals surface area contributed by atoms with Crippen LogP contribution in [-0.4, -0.2) is 14.5 Å². The van der Waals surface area contributed by atoms with Gasteiger partial charge in [0.2, 0.25) is 0 Å². The molecular weight excluding hydrogens is 699 g/mol. The summed E-state index contributed by atoms with van der Waals surface area (Å²) in [5, 5.41) is 4.96. The zero-order valence-corrected chi connectivity index (χ0v) is 31.1. The molecular formula is C52H33N3S. The van der Waals surface area contributed by atoms with Gasteiger partial charge in [-0.3, -0.25) is 0 Å². The van der Waals surface area contributed by atoms with E-state index in [2.05, 4.69) is 205 Å². The van der Waals surface area contributed by atoms with Gasteiger partial charge < -0.3 is 4.57 Å². The van der Waals surface area contributed by atoms with Crippen molar-refractivity contribution in [1.29, 1.82) is 0 Å². The van der Waals surface area contributed by atoms with Crippen LogP contribution in [0.3, 0.4) is 0 Å². The van der Waals surface area contributed by atoms with E-state index in [-0.39, 0.29) is 0 Å². The summed E-state index contributed by atoms with van der Waals surface area (Å²) in [4.78, 5) is 10.7. The van der Waals surface area contributed by atoms with E-state index < -0.39 is 0 Å². The molecule has 0 saturated carbocycles. The molecule has 0 radical (unpaired) electrons. The van der Waals surface area contributed by atoms with E-state index in [1.807, 2.05) is 11.3 Å². The average molecular weight is 732 g/mol. The predicted molar refractivity (Wildman–Crippen MR) is 236 cm³/mol. The van der Waals surface area contributed by atoms with Crippen LogP contribution in [0.5, 0.6) is 0 Å². The molecule has 11 aromatic rings. The van der Waals surface area contributed by atoms with E-state index in [0.29, 0.717) is 5.82 Å². The van der Waals surface area contributed by atoms with Crippen LogP contribution in [0.2, 0.25) is 0 Å². The van der Waals surface area contributed by atoms with Gasteiger partial charge in [0.15, 0.2) is 5.82 Å². The predicted octanol–water partition coefficient (Wildman–Crippen LogP) is 14.3. The fourth-order valence-electron chi connectivity index (χ4n) is 8.14. The van der Waals surface area contributed by atoms with Crippen molar-refractivity contribution in [1.82, 2.24) is 14.5 Å².